The molecule has 4 nitrogen and oxygen atoms in total. The molecule has 1 aliphatic rings. The van der Waals surface area contributed by atoms with Crippen LogP contribution in [0.15, 0.2) is 54.6 Å². The number of ketones is 2. The lowest BCUT2D eigenvalue weighted by Gasteiger charge is -2.18. The van der Waals surface area contributed by atoms with Gasteiger partial charge >= 0.3 is 5.97 Å². The van der Waals surface area contributed by atoms with E-state index in [-0.39, 0.29) is 11.6 Å². The third-order valence-electron chi connectivity index (χ3n) is 4.18. The molecule has 0 unspecified atom stereocenters. The summed E-state index contributed by atoms with van der Waals surface area (Å²) >= 11 is 0. The average Bonchev–Trinajstić information content (AvgIpc) is 2.63. The summed E-state index contributed by atoms with van der Waals surface area (Å²) in [6.45, 7) is 5.42. The Bertz CT molecular complexity index is 893. The van der Waals surface area contributed by atoms with Gasteiger partial charge in [0.05, 0.1) is 6.61 Å². The summed E-state index contributed by atoms with van der Waals surface area (Å²) < 4.78 is 5.06. The summed E-state index contributed by atoms with van der Waals surface area (Å²) in [6, 6.07) is 12.2. The molecule has 0 amide bonds. The number of hydrogen-bond donors (Lipinski definition) is 0. The smallest absolute Gasteiger partial charge is 0.333 e. The van der Waals surface area contributed by atoms with E-state index in [2.05, 4.69) is 6.58 Å². The highest BCUT2D eigenvalue weighted by molar-refractivity contribution is 6.28. The Morgan fingerprint density at radius 3 is 2.20 bits per heavy atom. The summed E-state index contributed by atoms with van der Waals surface area (Å²) in [7, 11) is 0. The topological polar surface area (TPSA) is 60.4 Å². The number of rotatable bonds is 5. The van der Waals surface area contributed by atoms with Gasteiger partial charge in [-0.1, -0.05) is 43.0 Å². The molecule has 0 atom stereocenters. The highest BCUT2D eigenvalue weighted by Crippen LogP contribution is 2.28. The molecule has 3 rings (SSSR count). The van der Waals surface area contributed by atoms with Gasteiger partial charge in [0.2, 0.25) is 0 Å². The van der Waals surface area contributed by atoms with E-state index in [1.165, 1.54) is 0 Å². The number of hydrogen-bond acceptors (Lipinski definition) is 4. The van der Waals surface area contributed by atoms with Gasteiger partial charge in [-0.05, 0) is 31.4 Å². The Kier molecular flexibility index (Phi) is 4.61. The van der Waals surface area contributed by atoms with Crippen molar-refractivity contribution in [1.82, 2.24) is 0 Å². The maximum Gasteiger partial charge on any atom is 0.333 e. The third kappa shape index (κ3) is 3.29. The SMILES string of the molecule is C=C(C)C(=O)OCCCc1ccc2c(c1)C(=O)c1ccccc1C2=O. The Balaban J connectivity index is 1.74. The van der Waals surface area contributed by atoms with Gasteiger partial charge in [-0.25, -0.2) is 4.79 Å². The van der Waals surface area contributed by atoms with E-state index < -0.39 is 5.97 Å². The van der Waals surface area contributed by atoms with E-state index in [1.807, 2.05) is 6.07 Å². The zero-order valence-corrected chi connectivity index (χ0v) is 14.0. The maximum absolute atomic E-state index is 12.7. The first-order valence-electron chi connectivity index (χ1n) is 8.13. The molecule has 126 valence electrons. The standard InChI is InChI=1S/C21H18O4/c1-13(2)21(24)25-11-5-6-14-9-10-17-18(12-14)20(23)16-8-4-3-7-15(16)19(17)22/h3-4,7-10,12H,1,5-6,11H2,2H3. The number of ether oxygens (including phenoxy) is 1. The highest BCUT2D eigenvalue weighted by atomic mass is 16.5. The zero-order valence-electron chi connectivity index (χ0n) is 14.0. The largest absolute Gasteiger partial charge is 0.462 e. The van der Waals surface area contributed by atoms with Crippen LogP contribution in [-0.4, -0.2) is 24.1 Å². The van der Waals surface area contributed by atoms with Crippen LogP contribution in [0.2, 0.25) is 0 Å². The van der Waals surface area contributed by atoms with E-state index in [0.29, 0.717) is 47.3 Å². The molecule has 25 heavy (non-hydrogen) atoms. The van der Waals surface area contributed by atoms with Crippen LogP contribution in [0.3, 0.4) is 0 Å². The first kappa shape index (κ1) is 16.8. The number of carbonyl (C=O) groups is 3. The first-order chi connectivity index (χ1) is 12.0. The molecule has 0 fully saturated rings. The van der Waals surface area contributed by atoms with Crippen molar-refractivity contribution >= 4 is 17.5 Å². The van der Waals surface area contributed by atoms with Crippen molar-refractivity contribution in [2.45, 2.75) is 19.8 Å². The Morgan fingerprint density at radius 1 is 0.960 bits per heavy atom. The molecule has 0 radical (unpaired) electrons. The van der Waals surface area contributed by atoms with Gasteiger partial charge in [-0.15, -0.1) is 0 Å². The monoisotopic (exact) mass is 334 g/mol. The van der Waals surface area contributed by atoms with E-state index >= 15 is 0 Å². The molecule has 0 aromatic heterocycles. The molecule has 0 bridgehead atoms. The van der Waals surface area contributed by atoms with Crippen molar-refractivity contribution in [1.29, 1.82) is 0 Å². The molecule has 2 aromatic rings. The van der Waals surface area contributed by atoms with Gasteiger partial charge < -0.3 is 4.74 Å². The molecule has 0 saturated heterocycles. The molecule has 0 heterocycles. The minimum absolute atomic E-state index is 0.118. The summed E-state index contributed by atoms with van der Waals surface area (Å²) in [4.78, 5) is 36.6. The predicted molar refractivity (Wildman–Crippen MR) is 93.8 cm³/mol. The first-order valence-corrected chi connectivity index (χ1v) is 8.13. The second kappa shape index (κ2) is 6.85. The summed E-state index contributed by atoms with van der Waals surface area (Å²) in [5, 5.41) is 0. The van der Waals surface area contributed by atoms with E-state index in [4.69, 9.17) is 4.74 Å². The number of fused-ring (bicyclic) bond motifs is 2. The summed E-state index contributed by atoms with van der Waals surface area (Å²) in [6.07, 6.45) is 1.29. The van der Waals surface area contributed by atoms with Crippen LogP contribution in [0.5, 0.6) is 0 Å². The lowest BCUT2D eigenvalue weighted by atomic mass is 9.83. The molecular weight excluding hydrogens is 316 g/mol. The van der Waals surface area contributed by atoms with Crippen LogP contribution in [0.25, 0.3) is 0 Å². The Labute approximate surface area is 146 Å². The fraction of sp³-hybridized carbons (Fsp3) is 0.190. The average molecular weight is 334 g/mol. The Hall–Kier alpha value is -3.01. The van der Waals surface area contributed by atoms with Gasteiger partial charge in [0.1, 0.15) is 0 Å². The third-order valence-corrected chi connectivity index (χ3v) is 4.18. The second-order valence-corrected chi connectivity index (χ2v) is 6.10. The van der Waals surface area contributed by atoms with Gasteiger partial charge in [-0.2, -0.15) is 0 Å². The van der Waals surface area contributed by atoms with Crippen LogP contribution in [0, 0.1) is 0 Å². The van der Waals surface area contributed by atoms with E-state index in [9.17, 15) is 14.4 Å². The van der Waals surface area contributed by atoms with Crippen LogP contribution in [-0.2, 0) is 16.0 Å². The van der Waals surface area contributed by atoms with Crippen molar-refractivity contribution < 1.29 is 19.1 Å². The van der Waals surface area contributed by atoms with Gasteiger partial charge in [0.25, 0.3) is 0 Å². The van der Waals surface area contributed by atoms with Crippen molar-refractivity contribution in [3.63, 3.8) is 0 Å². The minimum Gasteiger partial charge on any atom is -0.462 e. The van der Waals surface area contributed by atoms with E-state index in [1.54, 1.807) is 43.3 Å². The molecule has 2 aromatic carbocycles. The quantitative estimate of drug-likeness (QED) is 0.407. The molecule has 0 saturated carbocycles. The van der Waals surface area contributed by atoms with Crippen molar-refractivity contribution in [3.8, 4) is 0 Å². The molecule has 0 N–H and O–H groups in total. The normalized spacial score (nSPS) is 12.4. The molecule has 4 heteroatoms. The summed E-state index contributed by atoms with van der Waals surface area (Å²) in [5.74, 6) is -0.643. The fourth-order valence-electron chi connectivity index (χ4n) is 2.87. The highest BCUT2D eigenvalue weighted by Gasteiger charge is 2.29. The second-order valence-electron chi connectivity index (χ2n) is 6.10. The van der Waals surface area contributed by atoms with Gasteiger partial charge in [0, 0.05) is 27.8 Å². The number of carbonyl (C=O) groups excluding carboxylic acids is 3. The van der Waals surface area contributed by atoms with Crippen LogP contribution < -0.4 is 0 Å². The van der Waals surface area contributed by atoms with E-state index in [0.717, 1.165) is 5.56 Å². The van der Waals surface area contributed by atoms with Crippen LogP contribution in [0.1, 0.15) is 50.8 Å². The number of aryl methyl sites for hydroxylation is 1. The lowest BCUT2D eigenvalue weighted by molar-refractivity contribution is -0.139. The van der Waals surface area contributed by atoms with Gasteiger partial charge in [-0.3, -0.25) is 9.59 Å². The Morgan fingerprint density at radius 2 is 1.56 bits per heavy atom. The fourth-order valence-corrected chi connectivity index (χ4v) is 2.87. The molecule has 0 spiro atoms. The van der Waals surface area contributed by atoms with Crippen molar-refractivity contribution in [2.75, 3.05) is 6.61 Å². The van der Waals surface area contributed by atoms with Crippen LogP contribution >= 0.6 is 0 Å². The molecular formula is C21H18O4. The predicted octanol–water partition coefficient (Wildman–Crippen LogP) is 3.51. The number of esters is 1. The minimum atomic E-state index is -0.400. The number of benzene rings is 2. The zero-order chi connectivity index (χ0) is 18.0. The lowest BCUT2D eigenvalue weighted by Crippen LogP contribution is -2.21. The summed E-state index contributed by atoms with van der Waals surface area (Å²) in [5.41, 5.74) is 3.11. The maximum atomic E-state index is 12.7. The van der Waals surface area contributed by atoms with Crippen molar-refractivity contribution in [2.24, 2.45) is 0 Å². The van der Waals surface area contributed by atoms with Crippen LogP contribution in [0.4, 0.5) is 0 Å². The van der Waals surface area contributed by atoms with Crippen molar-refractivity contribution in [3.05, 3.63) is 82.4 Å². The molecule has 0 aliphatic heterocycles. The molecule has 1 aliphatic carbocycles. The van der Waals surface area contributed by atoms with Gasteiger partial charge in [0.15, 0.2) is 11.6 Å².